The molecule has 4 aliphatic rings. The summed E-state index contributed by atoms with van der Waals surface area (Å²) in [6.07, 6.45) is 7.83. The number of hydrogen-bond acceptors (Lipinski definition) is 2. The van der Waals surface area contributed by atoms with Crippen molar-refractivity contribution in [3.63, 3.8) is 0 Å². The van der Waals surface area contributed by atoms with E-state index in [0.29, 0.717) is 5.75 Å². The first kappa shape index (κ1) is 12.4. The van der Waals surface area contributed by atoms with Crippen molar-refractivity contribution in [1.29, 1.82) is 0 Å². The largest absolute Gasteiger partial charge is 0.508 e. The number of carbonyl (C=O) groups is 1. The lowest BCUT2D eigenvalue weighted by molar-refractivity contribution is -0.00614. The predicted molar refractivity (Wildman–Crippen MR) is 78.0 cm³/mol. The minimum absolute atomic E-state index is 0.0935. The average Bonchev–Trinajstić information content (AvgIpc) is 2.37. The zero-order chi connectivity index (χ0) is 13.9. The van der Waals surface area contributed by atoms with Gasteiger partial charge in [-0.25, -0.2) is 0 Å². The van der Waals surface area contributed by atoms with Gasteiger partial charge in [0.2, 0.25) is 0 Å². The normalized spacial score (nSPS) is 38.1. The number of aromatic hydroxyl groups is 1. The summed E-state index contributed by atoms with van der Waals surface area (Å²) >= 11 is 0. The average molecular weight is 270 g/mol. The van der Waals surface area contributed by atoms with E-state index < -0.39 is 0 Å². The Morgan fingerprint density at radius 2 is 1.65 bits per heavy atom. The molecule has 20 heavy (non-hydrogen) atoms. The summed E-state index contributed by atoms with van der Waals surface area (Å²) in [7, 11) is 0. The molecule has 0 amide bonds. The van der Waals surface area contributed by atoms with Gasteiger partial charge >= 0.3 is 0 Å². The van der Waals surface area contributed by atoms with Crippen LogP contribution >= 0.6 is 0 Å². The van der Waals surface area contributed by atoms with Crippen molar-refractivity contribution in [2.45, 2.75) is 50.9 Å². The van der Waals surface area contributed by atoms with Crippen LogP contribution in [-0.4, -0.2) is 10.9 Å². The molecule has 4 saturated carbocycles. The highest BCUT2D eigenvalue weighted by atomic mass is 16.3. The van der Waals surface area contributed by atoms with E-state index in [9.17, 15) is 9.90 Å². The lowest BCUT2D eigenvalue weighted by Gasteiger charge is -2.57. The molecule has 0 unspecified atom stereocenters. The Kier molecular flexibility index (Phi) is 2.55. The van der Waals surface area contributed by atoms with Gasteiger partial charge in [0.1, 0.15) is 5.75 Å². The summed E-state index contributed by atoms with van der Waals surface area (Å²) in [4.78, 5) is 11.7. The van der Waals surface area contributed by atoms with E-state index in [4.69, 9.17) is 0 Å². The standard InChI is InChI=1S/C18H22O2/c1-11(19)15-2-3-17(20)16(7-15)18-8-12-4-13(9-18)6-14(5-12)10-18/h2-3,7,12-14,20H,4-6,8-10H2,1H3. The Morgan fingerprint density at radius 1 is 1.10 bits per heavy atom. The SMILES string of the molecule is CC(=O)c1ccc(O)c(C23CC4CC(CC(C4)C2)C3)c1. The molecule has 4 bridgehead atoms. The van der Waals surface area contributed by atoms with E-state index >= 15 is 0 Å². The summed E-state index contributed by atoms with van der Waals surface area (Å²) in [6, 6.07) is 5.46. The van der Waals surface area contributed by atoms with Gasteiger partial charge in [0, 0.05) is 11.1 Å². The van der Waals surface area contributed by atoms with Crippen molar-refractivity contribution < 1.29 is 9.90 Å². The maximum absolute atomic E-state index is 11.7. The molecule has 5 rings (SSSR count). The van der Waals surface area contributed by atoms with Gasteiger partial charge in [-0.05, 0) is 86.8 Å². The number of phenolic OH excluding ortho intramolecular Hbond substituents is 1. The smallest absolute Gasteiger partial charge is 0.159 e. The monoisotopic (exact) mass is 270 g/mol. The minimum Gasteiger partial charge on any atom is -0.508 e. The fourth-order valence-corrected chi connectivity index (χ4v) is 5.62. The van der Waals surface area contributed by atoms with Crippen LogP contribution in [0.5, 0.6) is 5.75 Å². The molecule has 0 radical (unpaired) electrons. The van der Waals surface area contributed by atoms with Crippen LogP contribution in [0.4, 0.5) is 0 Å². The summed E-state index contributed by atoms with van der Waals surface area (Å²) in [5.41, 5.74) is 1.96. The second-order valence-electron chi connectivity index (χ2n) is 7.49. The quantitative estimate of drug-likeness (QED) is 0.823. The summed E-state index contributed by atoms with van der Waals surface area (Å²) in [5.74, 6) is 3.04. The molecule has 0 atom stereocenters. The molecule has 4 fully saturated rings. The molecule has 1 aromatic carbocycles. The van der Waals surface area contributed by atoms with Crippen LogP contribution in [0.1, 0.15) is 61.4 Å². The van der Waals surface area contributed by atoms with Gasteiger partial charge in [0.15, 0.2) is 5.78 Å². The lowest BCUT2D eigenvalue weighted by atomic mass is 9.48. The molecular formula is C18H22O2. The highest BCUT2D eigenvalue weighted by Gasteiger charge is 2.52. The maximum atomic E-state index is 11.7. The number of ketones is 1. The van der Waals surface area contributed by atoms with Crippen LogP contribution in [0.15, 0.2) is 18.2 Å². The molecule has 1 N–H and O–H groups in total. The predicted octanol–water partition coefficient (Wildman–Crippen LogP) is 4.06. The Bertz CT molecular complexity index is 537. The van der Waals surface area contributed by atoms with Crippen LogP contribution < -0.4 is 0 Å². The Hall–Kier alpha value is -1.31. The van der Waals surface area contributed by atoms with Gasteiger partial charge in [0.25, 0.3) is 0 Å². The highest BCUT2D eigenvalue weighted by molar-refractivity contribution is 5.94. The Morgan fingerprint density at radius 3 is 2.15 bits per heavy atom. The van der Waals surface area contributed by atoms with E-state index in [-0.39, 0.29) is 11.2 Å². The van der Waals surface area contributed by atoms with Crippen molar-refractivity contribution in [1.82, 2.24) is 0 Å². The maximum Gasteiger partial charge on any atom is 0.159 e. The first-order chi connectivity index (χ1) is 9.56. The first-order valence-electron chi connectivity index (χ1n) is 7.90. The molecule has 2 heteroatoms. The lowest BCUT2D eigenvalue weighted by Crippen LogP contribution is -2.48. The number of Topliss-reactive ketones (excluding diaryl/α,β-unsaturated/α-hetero) is 1. The van der Waals surface area contributed by atoms with Gasteiger partial charge < -0.3 is 5.11 Å². The van der Waals surface area contributed by atoms with Gasteiger partial charge in [-0.1, -0.05) is 0 Å². The van der Waals surface area contributed by atoms with E-state index in [1.807, 2.05) is 6.07 Å². The van der Waals surface area contributed by atoms with E-state index in [2.05, 4.69) is 0 Å². The molecular weight excluding hydrogens is 248 g/mol. The van der Waals surface area contributed by atoms with Crippen LogP contribution in [0, 0.1) is 17.8 Å². The van der Waals surface area contributed by atoms with Crippen molar-refractivity contribution in [2.75, 3.05) is 0 Å². The van der Waals surface area contributed by atoms with Crippen LogP contribution in [0.25, 0.3) is 0 Å². The number of rotatable bonds is 2. The third-order valence-electron chi connectivity index (χ3n) is 6.01. The molecule has 0 heterocycles. The Labute approximate surface area is 120 Å². The van der Waals surface area contributed by atoms with Crippen molar-refractivity contribution >= 4 is 5.78 Å². The summed E-state index contributed by atoms with van der Waals surface area (Å²) in [5, 5.41) is 10.4. The summed E-state index contributed by atoms with van der Waals surface area (Å²) in [6.45, 7) is 1.61. The zero-order valence-electron chi connectivity index (χ0n) is 12.1. The number of phenols is 1. The van der Waals surface area contributed by atoms with Crippen LogP contribution in [0.3, 0.4) is 0 Å². The second kappa shape index (κ2) is 4.09. The number of benzene rings is 1. The molecule has 0 spiro atoms. The molecule has 2 nitrogen and oxygen atoms in total. The zero-order valence-corrected chi connectivity index (χ0v) is 12.1. The second-order valence-corrected chi connectivity index (χ2v) is 7.49. The van der Waals surface area contributed by atoms with Crippen LogP contribution in [0.2, 0.25) is 0 Å². The highest BCUT2D eigenvalue weighted by Crippen LogP contribution is 2.61. The number of carbonyl (C=O) groups excluding carboxylic acids is 1. The van der Waals surface area contributed by atoms with E-state index in [1.165, 1.54) is 38.5 Å². The molecule has 1 aromatic rings. The van der Waals surface area contributed by atoms with E-state index in [0.717, 1.165) is 28.9 Å². The fourth-order valence-electron chi connectivity index (χ4n) is 5.62. The topological polar surface area (TPSA) is 37.3 Å². The minimum atomic E-state index is 0.0935. The van der Waals surface area contributed by atoms with Gasteiger partial charge in [-0.3, -0.25) is 4.79 Å². The Balaban J connectivity index is 1.80. The third kappa shape index (κ3) is 1.73. The van der Waals surface area contributed by atoms with Crippen molar-refractivity contribution in [3.8, 4) is 5.75 Å². The van der Waals surface area contributed by atoms with E-state index in [1.54, 1.807) is 19.1 Å². The molecule has 0 aromatic heterocycles. The molecule has 0 saturated heterocycles. The van der Waals surface area contributed by atoms with Crippen molar-refractivity contribution in [2.24, 2.45) is 17.8 Å². The molecule has 4 aliphatic carbocycles. The van der Waals surface area contributed by atoms with Gasteiger partial charge in [-0.15, -0.1) is 0 Å². The van der Waals surface area contributed by atoms with Crippen LogP contribution in [-0.2, 0) is 5.41 Å². The van der Waals surface area contributed by atoms with Gasteiger partial charge in [-0.2, -0.15) is 0 Å². The number of hydrogen-bond donors (Lipinski definition) is 1. The van der Waals surface area contributed by atoms with Gasteiger partial charge in [0.05, 0.1) is 0 Å². The first-order valence-corrected chi connectivity index (χ1v) is 7.90. The third-order valence-corrected chi connectivity index (χ3v) is 6.01. The fraction of sp³-hybridized carbons (Fsp3) is 0.611. The summed E-state index contributed by atoms with van der Waals surface area (Å²) < 4.78 is 0. The molecule has 106 valence electrons. The van der Waals surface area contributed by atoms with Crippen molar-refractivity contribution in [3.05, 3.63) is 29.3 Å². The molecule has 0 aliphatic heterocycles.